The van der Waals surface area contributed by atoms with Crippen LogP contribution in [0.5, 0.6) is 0 Å². The molecule has 0 saturated carbocycles. The van der Waals surface area contributed by atoms with Gasteiger partial charge in [0.25, 0.3) is 0 Å². The van der Waals surface area contributed by atoms with Gasteiger partial charge in [0.2, 0.25) is 5.91 Å². The van der Waals surface area contributed by atoms with Gasteiger partial charge < -0.3 is 10.3 Å². The molecule has 0 aromatic carbocycles. The fraction of sp³-hybridized carbons (Fsp3) is 0.133. The van der Waals surface area contributed by atoms with Crippen molar-refractivity contribution in [1.29, 1.82) is 0 Å². The molecule has 0 unspecified atom stereocenters. The molecule has 1 amide bonds. The first-order chi connectivity index (χ1) is 10.7. The van der Waals surface area contributed by atoms with Gasteiger partial charge in [-0.15, -0.1) is 22.7 Å². The third-order valence-corrected chi connectivity index (χ3v) is 4.67. The number of hydrogen-bond acceptors (Lipinski definition) is 5. The lowest BCUT2D eigenvalue weighted by atomic mass is 10.2. The topological polar surface area (TPSA) is 74.8 Å². The Morgan fingerprint density at radius 1 is 1.18 bits per heavy atom. The van der Waals surface area contributed by atoms with E-state index < -0.39 is 0 Å². The van der Waals surface area contributed by atoms with Crippen LogP contribution in [0, 0.1) is 0 Å². The molecule has 0 saturated heterocycles. The van der Waals surface area contributed by atoms with Gasteiger partial charge in [-0.1, -0.05) is 6.07 Å². The van der Waals surface area contributed by atoms with Crippen LogP contribution in [0.1, 0.15) is 22.5 Å². The number of aromatic nitrogens is 2. The van der Waals surface area contributed by atoms with Crippen LogP contribution in [0.15, 0.2) is 41.2 Å². The monoisotopic (exact) mass is 331 g/mol. The van der Waals surface area contributed by atoms with Gasteiger partial charge in [-0.05, 0) is 23.6 Å². The van der Waals surface area contributed by atoms with Crippen molar-refractivity contribution in [2.45, 2.75) is 12.8 Å². The maximum Gasteiger partial charge on any atom is 0.226 e. The number of ketones is 1. The number of aromatic amines is 1. The maximum absolute atomic E-state index is 11.9. The third-order valence-electron chi connectivity index (χ3n) is 3.00. The van der Waals surface area contributed by atoms with Crippen LogP contribution in [0.25, 0.3) is 11.4 Å². The van der Waals surface area contributed by atoms with Crippen molar-refractivity contribution in [1.82, 2.24) is 9.97 Å². The van der Waals surface area contributed by atoms with Gasteiger partial charge >= 0.3 is 0 Å². The number of carbonyl (C=O) groups excluding carboxylic acids is 2. The molecular formula is C15H13N3O2S2. The summed E-state index contributed by atoms with van der Waals surface area (Å²) >= 11 is 2.76. The lowest BCUT2D eigenvalue weighted by Gasteiger charge is -2.00. The standard InChI is InChI=1S/C15H13N3O2S2/c19-12(13-4-2-8-21-13)5-6-14(20)18-15-17-11(9-22-15)10-3-1-7-16-10/h1-4,7-9,16H,5-6H2,(H,17,18,20). The smallest absolute Gasteiger partial charge is 0.226 e. The van der Waals surface area contributed by atoms with Crippen LogP contribution >= 0.6 is 22.7 Å². The summed E-state index contributed by atoms with van der Waals surface area (Å²) in [5.74, 6) is -0.200. The molecule has 2 N–H and O–H groups in total. The van der Waals surface area contributed by atoms with Crippen LogP contribution < -0.4 is 5.32 Å². The summed E-state index contributed by atoms with van der Waals surface area (Å²) in [5, 5.41) is 7.00. The Balaban J connectivity index is 1.53. The van der Waals surface area contributed by atoms with Crippen molar-refractivity contribution in [3.8, 4) is 11.4 Å². The highest BCUT2D eigenvalue weighted by Crippen LogP contribution is 2.23. The number of rotatable bonds is 6. The number of hydrogen-bond donors (Lipinski definition) is 2. The van der Waals surface area contributed by atoms with E-state index in [-0.39, 0.29) is 24.5 Å². The van der Waals surface area contributed by atoms with E-state index in [4.69, 9.17) is 0 Å². The second kappa shape index (κ2) is 6.67. The molecule has 0 fully saturated rings. The van der Waals surface area contributed by atoms with Gasteiger partial charge in [-0.3, -0.25) is 9.59 Å². The van der Waals surface area contributed by atoms with Crippen LogP contribution in [-0.4, -0.2) is 21.7 Å². The second-order valence-corrected chi connectivity index (χ2v) is 6.38. The number of Topliss-reactive ketones (excluding diaryl/α,β-unsaturated/α-hetero) is 1. The quantitative estimate of drug-likeness (QED) is 0.675. The number of thiazole rings is 1. The number of nitrogens with zero attached hydrogens (tertiary/aromatic N) is 1. The summed E-state index contributed by atoms with van der Waals surface area (Å²) in [6.45, 7) is 0. The minimum Gasteiger partial charge on any atom is -0.360 e. The number of anilines is 1. The summed E-state index contributed by atoms with van der Waals surface area (Å²) in [7, 11) is 0. The van der Waals surface area contributed by atoms with E-state index >= 15 is 0 Å². The third kappa shape index (κ3) is 3.49. The Labute approximate surface area is 135 Å². The molecule has 3 rings (SSSR count). The minimum atomic E-state index is -0.197. The zero-order valence-corrected chi connectivity index (χ0v) is 13.2. The molecule has 112 valence electrons. The van der Waals surface area contributed by atoms with Crippen LogP contribution in [-0.2, 0) is 4.79 Å². The summed E-state index contributed by atoms with van der Waals surface area (Å²) in [6, 6.07) is 7.41. The van der Waals surface area contributed by atoms with E-state index in [1.165, 1.54) is 22.7 Å². The molecule has 3 aromatic heterocycles. The number of nitrogens with one attached hydrogen (secondary N) is 2. The lowest BCUT2D eigenvalue weighted by Crippen LogP contribution is -2.13. The van der Waals surface area contributed by atoms with Gasteiger partial charge in [0, 0.05) is 24.4 Å². The van der Waals surface area contributed by atoms with Gasteiger partial charge in [0.1, 0.15) is 0 Å². The molecule has 0 aliphatic heterocycles. The second-order valence-electron chi connectivity index (χ2n) is 4.57. The van der Waals surface area contributed by atoms with E-state index in [1.54, 1.807) is 6.07 Å². The Morgan fingerprint density at radius 3 is 2.82 bits per heavy atom. The fourth-order valence-corrected chi connectivity index (χ4v) is 3.33. The van der Waals surface area contributed by atoms with Gasteiger partial charge in [0.15, 0.2) is 10.9 Å². The van der Waals surface area contributed by atoms with E-state index in [2.05, 4.69) is 15.3 Å². The molecule has 3 heterocycles. The lowest BCUT2D eigenvalue weighted by molar-refractivity contribution is -0.116. The van der Waals surface area contributed by atoms with E-state index in [9.17, 15) is 9.59 Å². The van der Waals surface area contributed by atoms with Crippen LogP contribution in [0.4, 0.5) is 5.13 Å². The first kappa shape index (κ1) is 14.7. The van der Waals surface area contributed by atoms with Gasteiger partial charge in [-0.25, -0.2) is 4.98 Å². The van der Waals surface area contributed by atoms with E-state index in [1.807, 2.05) is 35.2 Å². The van der Waals surface area contributed by atoms with Crippen LogP contribution in [0.3, 0.4) is 0 Å². The Bertz CT molecular complexity index is 761. The maximum atomic E-state index is 11.9. The zero-order chi connectivity index (χ0) is 15.4. The molecule has 0 aliphatic rings. The highest BCUT2D eigenvalue weighted by molar-refractivity contribution is 7.14. The number of H-pyrrole nitrogens is 1. The molecule has 0 aliphatic carbocycles. The molecule has 0 radical (unpaired) electrons. The summed E-state index contributed by atoms with van der Waals surface area (Å²) in [6.07, 6.45) is 2.19. The Morgan fingerprint density at radius 2 is 2.09 bits per heavy atom. The Kier molecular flexibility index (Phi) is 4.45. The zero-order valence-electron chi connectivity index (χ0n) is 11.5. The van der Waals surface area contributed by atoms with Crippen molar-refractivity contribution in [2.24, 2.45) is 0 Å². The number of amides is 1. The molecule has 22 heavy (non-hydrogen) atoms. The average Bonchev–Trinajstić information content (AvgIpc) is 3.23. The minimum absolute atomic E-state index is 0.00337. The van der Waals surface area contributed by atoms with Crippen molar-refractivity contribution in [3.05, 3.63) is 46.1 Å². The Hall–Kier alpha value is -2.25. The fourth-order valence-electron chi connectivity index (χ4n) is 1.91. The van der Waals surface area contributed by atoms with Crippen molar-refractivity contribution >= 4 is 39.5 Å². The van der Waals surface area contributed by atoms with E-state index in [0.717, 1.165) is 11.4 Å². The number of carbonyl (C=O) groups is 2. The molecule has 0 spiro atoms. The summed E-state index contributed by atoms with van der Waals surface area (Å²) < 4.78 is 0. The van der Waals surface area contributed by atoms with Gasteiger partial charge in [0.05, 0.1) is 16.3 Å². The molecule has 7 heteroatoms. The normalized spacial score (nSPS) is 10.5. The molecule has 5 nitrogen and oxygen atoms in total. The van der Waals surface area contributed by atoms with Crippen molar-refractivity contribution in [3.63, 3.8) is 0 Å². The van der Waals surface area contributed by atoms with Gasteiger partial charge in [-0.2, -0.15) is 0 Å². The molecule has 0 atom stereocenters. The number of thiophene rings is 1. The SMILES string of the molecule is O=C(CCC(=O)c1cccs1)Nc1nc(-c2ccc[nH]2)cs1. The molecule has 3 aromatic rings. The molecular weight excluding hydrogens is 318 g/mol. The largest absolute Gasteiger partial charge is 0.360 e. The average molecular weight is 331 g/mol. The van der Waals surface area contributed by atoms with Crippen LogP contribution in [0.2, 0.25) is 0 Å². The van der Waals surface area contributed by atoms with Crippen molar-refractivity contribution < 1.29 is 9.59 Å². The van der Waals surface area contributed by atoms with E-state index in [0.29, 0.717) is 10.0 Å². The predicted octanol–water partition coefficient (Wildman–Crippen LogP) is 3.80. The van der Waals surface area contributed by atoms with Crippen molar-refractivity contribution in [2.75, 3.05) is 5.32 Å². The highest BCUT2D eigenvalue weighted by atomic mass is 32.1. The first-order valence-corrected chi connectivity index (χ1v) is 8.44. The highest BCUT2D eigenvalue weighted by Gasteiger charge is 2.12. The predicted molar refractivity (Wildman–Crippen MR) is 88.4 cm³/mol. The molecule has 0 bridgehead atoms. The summed E-state index contributed by atoms with van der Waals surface area (Å²) in [5.41, 5.74) is 1.70. The first-order valence-electron chi connectivity index (χ1n) is 6.68. The summed E-state index contributed by atoms with van der Waals surface area (Å²) in [4.78, 5) is 31.8.